The fraction of sp³-hybridized carbons (Fsp3) is 0.492. The number of likely N-dealkylation sites (tertiary alicyclic amines) is 3. The Hall–Kier alpha value is -8.07. The number of aromatic nitrogens is 10. The van der Waals surface area contributed by atoms with Crippen LogP contribution in [0.5, 0.6) is 5.88 Å². The van der Waals surface area contributed by atoms with E-state index in [0.717, 1.165) is 12.0 Å². The number of hydrogen-bond acceptors (Lipinski definition) is 18. The summed E-state index contributed by atoms with van der Waals surface area (Å²) in [5, 5.41) is 64.4. The summed E-state index contributed by atoms with van der Waals surface area (Å²) >= 11 is 0. The van der Waals surface area contributed by atoms with Crippen molar-refractivity contribution in [3.05, 3.63) is 150 Å². The van der Waals surface area contributed by atoms with Gasteiger partial charge in [0.05, 0.1) is 128 Å². The fourth-order valence-corrected chi connectivity index (χ4v) is 11.7. The van der Waals surface area contributed by atoms with Crippen molar-refractivity contribution in [1.82, 2.24) is 64.7 Å². The van der Waals surface area contributed by atoms with Gasteiger partial charge in [0.1, 0.15) is 17.3 Å². The second kappa shape index (κ2) is 32.1. The van der Waals surface area contributed by atoms with Crippen LogP contribution in [0.4, 0.5) is 0 Å². The number of rotatable bonds is 13. The summed E-state index contributed by atoms with van der Waals surface area (Å²) in [4.78, 5) is 65.9. The highest BCUT2D eigenvalue weighted by atomic mass is 28.4. The molecule has 90 heavy (non-hydrogen) atoms. The summed E-state index contributed by atoms with van der Waals surface area (Å²) in [5.41, 5.74) is 3.44. The topological polar surface area (TPSA) is 292 Å². The zero-order valence-corrected chi connectivity index (χ0v) is 51.7. The predicted molar refractivity (Wildman–Crippen MR) is 344 cm³/mol. The van der Waals surface area contributed by atoms with Gasteiger partial charge in [-0.15, -0.1) is 0 Å². The molecule has 3 aromatic carbocycles. The van der Waals surface area contributed by atoms with Crippen LogP contribution in [0.25, 0.3) is 17.1 Å². The van der Waals surface area contributed by atoms with Gasteiger partial charge in [-0.25, -0.2) is 9.78 Å². The van der Waals surface area contributed by atoms with E-state index in [1.54, 1.807) is 109 Å². The van der Waals surface area contributed by atoms with Crippen molar-refractivity contribution in [3.63, 3.8) is 0 Å². The molecule has 3 saturated heterocycles. The minimum Gasteiger partial charge on any atom is -0.472 e. The highest BCUT2D eigenvalue weighted by Gasteiger charge is 2.43. The highest BCUT2D eigenvalue weighted by molar-refractivity contribution is 6.74. The number of β-amino-alcohol motifs (C(OH)–C–C–N with tert-alkyl or cyclic N) is 2. The first-order valence-electron chi connectivity index (χ1n) is 30.0. The number of amides is 3. The number of para-hydroxylation sites is 3. The van der Waals surface area contributed by atoms with Crippen molar-refractivity contribution in [1.29, 1.82) is 0 Å². The van der Waals surface area contributed by atoms with Crippen LogP contribution in [0.2, 0.25) is 18.1 Å². The fourth-order valence-electron chi connectivity index (χ4n) is 10.6. The van der Waals surface area contributed by atoms with Crippen LogP contribution in [0.1, 0.15) is 158 Å². The summed E-state index contributed by atoms with van der Waals surface area (Å²) in [6.07, 6.45) is 13.2. The number of nitrogens with zero attached hydrogens (tertiary/aromatic N) is 13. The molecular weight excluding hydrogens is 1170 g/mol. The molecule has 24 nitrogen and oxygen atoms in total. The SMILES string of the molecule is C.C.C.CC(C)(C)[Si](C)(C)OC[C@@H]1CC[C@@H](O)CN1C(=O)c1ccccc1-n1nccn1.CC1(C)OC(=O)c2c1ccnc2O[C@@H]1CC[C@@H](CO)N(C(=O)c2ccccc2-n2nccn2)C1.O=C(c1ccccc1-n1nccn1)N1C[C@H](O)CC[C@H]1CO.[2H]CC. The monoisotopic (exact) mass is 1260 g/mol. The Balaban J connectivity index is 0.000000243. The van der Waals surface area contributed by atoms with Crippen LogP contribution in [-0.4, -0.2) is 193 Å². The van der Waals surface area contributed by atoms with E-state index in [1.807, 2.05) is 44.2 Å². The maximum absolute atomic E-state index is 13.6. The number of benzene rings is 3. The average molecular weight is 1260 g/mol. The second-order valence-electron chi connectivity index (χ2n) is 23.5. The first kappa shape index (κ1) is 71.0. The van der Waals surface area contributed by atoms with Gasteiger partial charge in [-0.1, -0.05) is 93.3 Å². The Morgan fingerprint density at radius 1 is 0.611 bits per heavy atom. The molecule has 4 aromatic heterocycles. The van der Waals surface area contributed by atoms with Gasteiger partial charge in [0, 0.05) is 26.2 Å². The molecule has 0 spiro atoms. The molecule has 4 aliphatic heterocycles. The molecule has 3 fully saturated rings. The number of fused-ring (bicyclic) bond motifs is 1. The van der Waals surface area contributed by atoms with Crippen molar-refractivity contribution in [2.24, 2.45) is 0 Å². The molecule has 0 saturated carbocycles. The molecule has 0 radical (unpaired) electrons. The Kier molecular flexibility index (Phi) is 25.3. The smallest absolute Gasteiger partial charge is 0.344 e. The van der Waals surface area contributed by atoms with Gasteiger partial charge in [-0.05, 0) is 113 Å². The number of carbonyl (C=O) groups is 4. The Morgan fingerprint density at radius 2 is 0.989 bits per heavy atom. The van der Waals surface area contributed by atoms with Crippen LogP contribution < -0.4 is 4.74 Å². The van der Waals surface area contributed by atoms with Crippen molar-refractivity contribution in [2.45, 2.75) is 169 Å². The van der Waals surface area contributed by atoms with E-state index in [0.29, 0.717) is 91.5 Å². The lowest BCUT2D eigenvalue weighted by atomic mass is 9.97. The van der Waals surface area contributed by atoms with E-state index in [2.05, 4.69) is 69.4 Å². The molecule has 11 rings (SSSR count). The van der Waals surface area contributed by atoms with Crippen molar-refractivity contribution >= 4 is 32.0 Å². The molecule has 488 valence electrons. The van der Waals surface area contributed by atoms with E-state index in [4.69, 9.17) is 15.3 Å². The van der Waals surface area contributed by atoms with E-state index in [9.17, 15) is 39.6 Å². The zero-order valence-electron chi connectivity index (χ0n) is 51.7. The Labute approximate surface area is 531 Å². The van der Waals surface area contributed by atoms with Crippen molar-refractivity contribution < 1.29 is 54.9 Å². The average Bonchev–Trinajstić information content (AvgIpc) is 1.76. The Bertz CT molecular complexity index is 3420. The number of pyridine rings is 1. The van der Waals surface area contributed by atoms with Crippen molar-refractivity contribution in [2.75, 3.05) is 39.5 Å². The third-order valence-electron chi connectivity index (χ3n) is 16.4. The summed E-state index contributed by atoms with van der Waals surface area (Å²) < 4.78 is 24.3. The number of esters is 1. The third kappa shape index (κ3) is 16.7. The predicted octanol–water partition coefficient (Wildman–Crippen LogP) is 8.53. The third-order valence-corrected chi connectivity index (χ3v) is 20.9. The van der Waals surface area contributed by atoms with E-state index in [1.165, 1.54) is 19.3 Å². The molecule has 25 heteroatoms. The summed E-state index contributed by atoms with van der Waals surface area (Å²) in [6.45, 7) is 18.0. The molecule has 4 N–H and O–H groups in total. The standard InChI is InChI=1S/C24H25N5O5.C21H32N4O3Si.C15H18N4O3.C2H6.3CH4/c1-24(2)18-9-10-25-21(20(18)23(32)34-24)33-16-8-7-15(14-30)28(13-16)22(31)17-5-3-4-6-19(17)29-26-11-12-27-29;1-21(2,3)29(4,5)28-15-16-10-11-17(26)14-24(16)20(27)18-8-6-7-9-19(18)25-22-12-13-23-25;20-10-11-5-6-12(21)9-18(11)15(22)13-3-1-2-4-14(13)19-16-7-8-17-19;1-2;;;/h3-6,9-12,15-16,30H,7-8,13-14H2,1-2H3;6-9,12-13,16-17,26H,10-11,14-15H2,1-5H3;1-4,7-8,11-12,20-21H,5-6,9-10H2;1-2H3;3*1H4/t15-,16+;16-,17+;11-,12+;;;;/m000..../s1/i;;;1D;;;. The lowest BCUT2D eigenvalue weighted by Crippen LogP contribution is -2.53. The molecule has 8 heterocycles. The van der Waals surface area contributed by atoms with Gasteiger partial charge in [0.15, 0.2) is 8.32 Å². The number of aliphatic hydroxyl groups excluding tert-OH is 4. The largest absolute Gasteiger partial charge is 0.472 e. The summed E-state index contributed by atoms with van der Waals surface area (Å²) in [7, 11) is -1.93. The van der Waals surface area contributed by atoms with Gasteiger partial charge >= 0.3 is 5.97 Å². The Morgan fingerprint density at radius 3 is 1.40 bits per heavy atom. The van der Waals surface area contributed by atoms with Crippen LogP contribution >= 0.6 is 0 Å². The van der Waals surface area contributed by atoms with Gasteiger partial charge in [-0.3, -0.25) is 14.4 Å². The number of hydrogen-bond donors (Lipinski definition) is 4. The lowest BCUT2D eigenvalue weighted by molar-refractivity contribution is 0.00858. The molecule has 7 aromatic rings. The van der Waals surface area contributed by atoms with Crippen LogP contribution in [-0.2, 0) is 14.8 Å². The quantitative estimate of drug-likeness (QED) is 0.0621. The molecule has 6 atom stereocenters. The van der Waals surface area contributed by atoms with E-state index >= 15 is 0 Å². The van der Waals surface area contributed by atoms with Crippen molar-refractivity contribution in [3.8, 4) is 22.9 Å². The van der Waals surface area contributed by atoms with Crippen LogP contribution in [0.3, 0.4) is 0 Å². The van der Waals surface area contributed by atoms with Gasteiger partial charge < -0.3 is 49.0 Å². The minimum absolute atomic E-state index is 0. The lowest BCUT2D eigenvalue weighted by Gasteiger charge is -2.42. The maximum Gasteiger partial charge on any atom is 0.344 e. The van der Waals surface area contributed by atoms with Gasteiger partial charge in [0.25, 0.3) is 17.7 Å². The van der Waals surface area contributed by atoms with E-state index in [-0.39, 0.29) is 95.3 Å². The van der Waals surface area contributed by atoms with Gasteiger partial charge in [-0.2, -0.15) is 45.0 Å². The number of piperidine rings is 3. The first-order valence-corrected chi connectivity index (χ1v) is 32.2. The molecular formula is C65H93N13O11Si. The first-order chi connectivity index (χ1) is 42.1. The normalized spacial score (nSPS) is 20.2. The van der Waals surface area contributed by atoms with Crippen LogP contribution in [0, 0.1) is 0 Å². The molecule has 0 aliphatic carbocycles. The number of carbonyl (C=O) groups excluding carboxylic acids is 4. The van der Waals surface area contributed by atoms with Crippen LogP contribution in [0.15, 0.2) is 122 Å². The minimum atomic E-state index is -1.93. The second-order valence-corrected chi connectivity index (χ2v) is 28.3. The van der Waals surface area contributed by atoms with Gasteiger partial charge in [0.2, 0.25) is 5.88 Å². The highest BCUT2D eigenvalue weighted by Crippen LogP contribution is 2.41. The summed E-state index contributed by atoms with van der Waals surface area (Å²) in [6, 6.07) is 22.5. The molecule has 0 bridgehead atoms. The molecule has 4 aliphatic rings. The number of cyclic esters (lactones) is 1. The molecule has 3 amide bonds. The number of ether oxygens (including phenoxy) is 2. The molecule has 0 unspecified atom stereocenters. The summed E-state index contributed by atoms with van der Waals surface area (Å²) in [5.74, 6) is -0.881. The maximum atomic E-state index is 13.6. The zero-order chi connectivity index (χ0) is 63.3. The number of aliphatic hydroxyl groups is 4. The van der Waals surface area contributed by atoms with E-state index < -0.39 is 38.2 Å².